The number of sulfone groups is 1. The summed E-state index contributed by atoms with van der Waals surface area (Å²) in [6, 6.07) is 7.80. The summed E-state index contributed by atoms with van der Waals surface area (Å²) in [6.45, 7) is -0.859. The van der Waals surface area contributed by atoms with E-state index in [1.807, 2.05) is 0 Å². The molecule has 1 N–H and O–H groups in total. The van der Waals surface area contributed by atoms with E-state index in [0.29, 0.717) is 0 Å². The highest BCUT2D eigenvalue weighted by atomic mass is 32.2. The third-order valence-corrected chi connectivity index (χ3v) is 4.41. The first-order valence-electron chi connectivity index (χ1n) is 4.84. The van der Waals surface area contributed by atoms with Crippen LogP contribution < -0.4 is 0 Å². The predicted molar refractivity (Wildman–Crippen MR) is 62.1 cm³/mol. The summed E-state index contributed by atoms with van der Waals surface area (Å²) in [5.74, 6) is -0.992. The van der Waals surface area contributed by atoms with E-state index in [0.717, 1.165) is 13.4 Å². The van der Waals surface area contributed by atoms with Crippen LogP contribution in [-0.4, -0.2) is 39.5 Å². The number of carbonyl (C=O) groups is 1. The van der Waals surface area contributed by atoms with E-state index in [1.54, 1.807) is 18.2 Å². The van der Waals surface area contributed by atoms with Crippen molar-refractivity contribution in [2.24, 2.45) is 0 Å². The lowest BCUT2D eigenvalue weighted by atomic mass is 9.99. The first-order valence-corrected chi connectivity index (χ1v) is 6.73. The average molecular weight is 258 g/mol. The second-order valence-corrected chi connectivity index (χ2v) is 5.86. The Bertz CT molecular complexity index is 494. The normalized spacial score (nSPS) is 15.0. The Balaban J connectivity index is 3.54. The molecule has 0 heterocycles. The molecule has 1 aromatic rings. The third kappa shape index (κ3) is 2.18. The van der Waals surface area contributed by atoms with Crippen molar-refractivity contribution in [1.82, 2.24) is 0 Å². The Labute approximate surface area is 100.0 Å². The molecule has 0 fully saturated rings. The summed E-state index contributed by atoms with van der Waals surface area (Å²) in [7, 11) is -2.78. The molecule has 0 aliphatic carbocycles. The quantitative estimate of drug-likeness (QED) is 0.774. The summed E-state index contributed by atoms with van der Waals surface area (Å²) < 4.78 is 26.1. The number of aliphatic hydroxyl groups excluding tert-OH is 1. The number of hydrogen-bond donors (Lipinski definition) is 1. The number of ether oxygens (including phenoxy) is 1. The fraction of sp³-hybridized carbons (Fsp3) is 0.364. The third-order valence-electron chi connectivity index (χ3n) is 2.61. The Morgan fingerprint density at radius 2 is 1.88 bits per heavy atom. The van der Waals surface area contributed by atoms with E-state index in [2.05, 4.69) is 4.74 Å². The molecule has 0 bridgehead atoms. The lowest BCUT2D eigenvalue weighted by Crippen LogP contribution is -2.47. The van der Waals surface area contributed by atoms with Crippen molar-refractivity contribution in [2.45, 2.75) is 4.75 Å². The molecule has 0 saturated carbocycles. The van der Waals surface area contributed by atoms with Gasteiger partial charge in [-0.1, -0.05) is 30.3 Å². The molecule has 0 spiro atoms. The van der Waals surface area contributed by atoms with Crippen molar-refractivity contribution in [3.8, 4) is 0 Å². The van der Waals surface area contributed by atoms with Gasteiger partial charge in [0.2, 0.25) is 4.75 Å². The lowest BCUT2D eigenvalue weighted by Gasteiger charge is -2.27. The van der Waals surface area contributed by atoms with Crippen molar-refractivity contribution in [3.05, 3.63) is 35.9 Å². The summed E-state index contributed by atoms with van der Waals surface area (Å²) in [5, 5.41) is 9.39. The van der Waals surface area contributed by atoms with Gasteiger partial charge in [0.25, 0.3) is 0 Å². The van der Waals surface area contributed by atoms with Crippen LogP contribution in [0.15, 0.2) is 30.3 Å². The summed E-state index contributed by atoms with van der Waals surface area (Å²) >= 11 is 0. The molecule has 1 atom stereocenters. The van der Waals surface area contributed by atoms with Crippen LogP contribution in [0, 0.1) is 0 Å². The van der Waals surface area contributed by atoms with Gasteiger partial charge in [-0.05, 0) is 5.56 Å². The smallest absolute Gasteiger partial charge is 0.334 e. The number of aliphatic hydroxyl groups is 1. The molecule has 1 aromatic carbocycles. The Morgan fingerprint density at radius 3 is 2.24 bits per heavy atom. The van der Waals surface area contributed by atoms with Crippen LogP contribution in [0.4, 0.5) is 0 Å². The molecule has 0 aromatic heterocycles. The minimum atomic E-state index is -3.87. The van der Waals surface area contributed by atoms with Crippen LogP contribution >= 0.6 is 0 Å². The fourth-order valence-electron chi connectivity index (χ4n) is 1.63. The standard InChI is InChI=1S/C11H14O5S/c1-16-10(13)11(8-12,17(2,14)15)9-6-4-3-5-7-9/h3-7,12H,8H2,1-2H3. The molecule has 0 radical (unpaired) electrons. The Kier molecular flexibility index (Phi) is 3.90. The van der Waals surface area contributed by atoms with Crippen molar-refractivity contribution in [1.29, 1.82) is 0 Å². The number of methoxy groups -OCH3 is 1. The molecule has 17 heavy (non-hydrogen) atoms. The Morgan fingerprint density at radius 1 is 1.35 bits per heavy atom. The molecule has 0 aliphatic heterocycles. The van der Waals surface area contributed by atoms with Gasteiger partial charge in [0.15, 0.2) is 9.84 Å². The highest BCUT2D eigenvalue weighted by molar-refractivity contribution is 7.92. The topological polar surface area (TPSA) is 80.7 Å². The SMILES string of the molecule is COC(=O)C(CO)(c1ccccc1)S(C)(=O)=O. The highest BCUT2D eigenvalue weighted by Crippen LogP contribution is 2.31. The van der Waals surface area contributed by atoms with Gasteiger partial charge in [0, 0.05) is 6.26 Å². The maximum Gasteiger partial charge on any atom is 0.334 e. The Hall–Kier alpha value is -1.40. The molecule has 0 amide bonds. The van der Waals surface area contributed by atoms with Crippen LogP contribution in [0.5, 0.6) is 0 Å². The van der Waals surface area contributed by atoms with Gasteiger partial charge in [-0.3, -0.25) is 0 Å². The largest absolute Gasteiger partial charge is 0.468 e. The second kappa shape index (κ2) is 4.85. The van der Waals surface area contributed by atoms with E-state index in [9.17, 15) is 18.3 Å². The fourth-order valence-corrected chi connectivity index (χ4v) is 2.81. The van der Waals surface area contributed by atoms with Gasteiger partial charge in [0.05, 0.1) is 13.7 Å². The van der Waals surface area contributed by atoms with E-state index in [-0.39, 0.29) is 5.56 Å². The van der Waals surface area contributed by atoms with Gasteiger partial charge in [0.1, 0.15) is 0 Å². The molecule has 0 aliphatic rings. The zero-order chi connectivity index (χ0) is 13.1. The van der Waals surface area contributed by atoms with Gasteiger partial charge < -0.3 is 9.84 Å². The van der Waals surface area contributed by atoms with Crippen LogP contribution in [0.2, 0.25) is 0 Å². The zero-order valence-corrected chi connectivity index (χ0v) is 10.4. The summed E-state index contributed by atoms with van der Waals surface area (Å²) in [4.78, 5) is 11.8. The first-order chi connectivity index (χ1) is 7.90. The van der Waals surface area contributed by atoms with Gasteiger partial charge in [-0.15, -0.1) is 0 Å². The van der Waals surface area contributed by atoms with Crippen LogP contribution in [0.25, 0.3) is 0 Å². The number of esters is 1. The molecule has 1 unspecified atom stereocenters. The van der Waals surface area contributed by atoms with Crippen LogP contribution in [0.1, 0.15) is 5.56 Å². The van der Waals surface area contributed by atoms with Crippen molar-refractivity contribution >= 4 is 15.8 Å². The van der Waals surface area contributed by atoms with Crippen molar-refractivity contribution < 1.29 is 23.1 Å². The zero-order valence-electron chi connectivity index (χ0n) is 9.58. The number of hydrogen-bond acceptors (Lipinski definition) is 5. The van der Waals surface area contributed by atoms with Crippen molar-refractivity contribution in [2.75, 3.05) is 20.0 Å². The van der Waals surface area contributed by atoms with Gasteiger partial charge >= 0.3 is 5.97 Å². The predicted octanol–water partition coefficient (Wildman–Crippen LogP) is 0.0918. The monoisotopic (exact) mass is 258 g/mol. The minimum Gasteiger partial charge on any atom is -0.468 e. The molecular weight excluding hydrogens is 244 g/mol. The van der Waals surface area contributed by atoms with E-state index >= 15 is 0 Å². The second-order valence-electron chi connectivity index (χ2n) is 3.61. The van der Waals surface area contributed by atoms with Gasteiger partial charge in [-0.25, -0.2) is 13.2 Å². The average Bonchev–Trinajstić information content (AvgIpc) is 2.30. The van der Waals surface area contributed by atoms with Crippen LogP contribution in [0.3, 0.4) is 0 Å². The van der Waals surface area contributed by atoms with Gasteiger partial charge in [-0.2, -0.15) is 0 Å². The lowest BCUT2D eigenvalue weighted by molar-refractivity contribution is -0.145. The highest BCUT2D eigenvalue weighted by Gasteiger charge is 2.50. The van der Waals surface area contributed by atoms with E-state index in [4.69, 9.17) is 0 Å². The first kappa shape index (κ1) is 13.7. The molecular formula is C11H14O5S. The number of rotatable bonds is 4. The van der Waals surface area contributed by atoms with E-state index < -0.39 is 27.2 Å². The molecule has 5 nitrogen and oxygen atoms in total. The summed E-state index contributed by atoms with van der Waals surface area (Å²) in [5.41, 5.74) is 0.192. The maximum atomic E-state index is 11.8. The van der Waals surface area contributed by atoms with Crippen LogP contribution in [-0.2, 0) is 24.1 Å². The van der Waals surface area contributed by atoms with Crippen molar-refractivity contribution in [3.63, 3.8) is 0 Å². The molecule has 0 saturated heterocycles. The number of benzene rings is 1. The number of carbonyl (C=O) groups excluding carboxylic acids is 1. The van der Waals surface area contributed by atoms with E-state index in [1.165, 1.54) is 12.1 Å². The molecule has 94 valence electrons. The molecule has 1 rings (SSSR count). The molecule has 6 heteroatoms. The maximum absolute atomic E-state index is 11.8. The summed E-state index contributed by atoms with van der Waals surface area (Å²) in [6.07, 6.45) is 0.896. The minimum absolute atomic E-state index is 0.192.